The first kappa shape index (κ1) is 20.6. The Morgan fingerprint density at radius 3 is 2.74 bits per heavy atom. The number of aromatic nitrogens is 2. The molecule has 1 aliphatic rings. The Bertz CT molecular complexity index is 1070. The highest BCUT2D eigenvalue weighted by molar-refractivity contribution is 5.88. The largest absolute Gasteiger partial charge is 0.496 e. The van der Waals surface area contributed by atoms with Gasteiger partial charge in [0.05, 0.1) is 18.8 Å². The average Bonchev–Trinajstić information content (AvgIpc) is 3.28. The lowest BCUT2D eigenvalue weighted by molar-refractivity contribution is 0.0692. The highest BCUT2D eigenvalue weighted by Crippen LogP contribution is 2.38. The number of hydrogen-bond donors (Lipinski definition) is 1. The summed E-state index contributed by atoms with van der Waals surface area (Å²) in [7, 11) is 1.64. The lowest BCUT2D eigenvalue weighted by Gasteiger charge is -2.26. The Morgan fingerprint density at radius 2 is 2.00 bits per heavy atom. The number of anilines is 1. The number of rotatable bonds is 7. The van der Waals surface area contributed by atoms with Gasteiger partial charge in [0.2, 0.25) is 5.95 Å². The van der Waals surface area contributed by atoms with Crippen LogP contribution in [0.1, 0.15) is 40.5 Å². The maximum Gasteiger partial charge on any atom is 0.339 e. The van der Waals surface area contributed by atoms with E-state index in [1.807, 2.05) is 24.3 Å². The van der Waals surface area contributed by atoms with Gasteiger partial charge in [-0.3, -0.25) is 0 Å². The van der Waals surface area contributed by atoms with Crippen molar-refractivity contribution in [1.82, 2.24) is 9.97 Å². The van der Waals surface area contributed by atoms with Gasteiger partial charge in [0.1, 0.15) is 29.5 Å². The Hall–Kier alpha value is -3.68. The van der Waals surface area contributed by atoms with E-state index in [1.54, 1.807) is 7.11 Å². The molecule has 1 atom stereocenters. The summed E-state index contributed by atoms with van der Waals surface area (Å²) in [5.74, 6) is 0.148. The average molecular weight is 423 g/mol. The number of carboxylic acids is 1. The van der Waals surface area contributed by atoms with Gasteiger partial charge in [0.25, 0.3) is 0 Å². The molecular weight excluding hydrogens is 401 g/mol. The Labute approximate surface area is 179 Å². The molecular formula is C23H22FN3O4. The van der Waals surface area contributed by atoms with Crippen LogP contribution < -0.4 is 14.4 Å². The van der Waals surface area contributed by atoms with Gasteiger partial charge in [-0.05, 0) is 43.2 Å². The summed E-state index contributed by atoms with van der Waals surface area (Å²) < 4.78 is 24.3. The zero-order valence-corrected chi connectivity index (χ0v) is 17.0. The summed E-state index contributed by atoms with van der Waals surface area (Å²) in [6.07, 6.45) is 3.17. The van der Waals surface area contributed by atoms with Gasteiger partial charge in [0.15, 0.2) is 0 Å². The van der Waals surface area contributed by atoms with Crippen LogP contribution in [0.4, 0.5) is 10.3 Å². The molecule has 31 heavy (non-hydrogen) atoms. The van der Waals surface area contributed by atoms with Crippen LogP contribution in [0.2, 0.25) is 0 Å². The van der Waals surface area contributed by atoms with Crippen LogP contribution in [0.25, 0.3) is 0 Å². The number of halogens is 1. The Morgan fingerprint density at radius 1 is 1.23 bits per heavy atom. The van der Waals surface area contributed by atoms with Gasteiger partial charge in [-0.15, -0.1) is 0 Å². The van der Waals surface area contributed by atoms with Crippen LogP contribution in [-0.4, -0.2) is 34.7 Å². The minimum atomic E-state index is -1.13. The number of benzene rings is 2. The molecule has 1 aliphatic heterocycles. The molecule has 0 aliphatic carbocycles. The molecule has 1 N–H and O–H groups in total. The van der Waals surface area contributed by atoms with Gasteiger partial charge in [-0.1, -0.05) is 18.2 Å². The van der Waals surface area contributed by atoms with Gasteiger partial charge in [-0.25, -0.2) is 19.2 Å². The lowest BCUT2D eigenvalue weighted by Crippen LogP contribution is -2.26. The van der Waals surface area contributed by atoms with E-state index < -0.39 is 5.97 Å². The molecule has 8 heteroatoms. The van der Waals surface area contributed by atoms with Crippen molar-refractivity contribution in [3.05, 3.63) is 77.4 Å². The minimum absolute atomic E-state index is 0.0256. The predicted octanol–water partition coefficient (Wildman–Crippen LogP) is 4.24. The summed E-state index contributed by atoms with van der Waals surface area (Å²) in [4.78, 5) is 22.6. The van der Waals surface area contributed by atoms with Crippen molar-refractivity contribution in [2.45, 2.75) is 25.5 Å². The normalized spacial score (nSPS) is 15.7. The first-order chi connectivity index (χ1) is 15.1. The zero-order chi connectivity index (χ0) is 21.8. The van der Waals surface area contributed by atoms with Crippen molar-refractivity contribution in [3.8, 4) is 11.5 Å². The molecule has 4 rings (SSSR count). The van der Waals surface area contributed by atoms with Crippen LogP contribution in [0.5, 0.6) is 11.5 Å². The highest BCUT2D eigenvalue weighted by Gasteiger charge is 2.31. The maximum absolute atomic E-state index is 13.1. The third kappa shape index (κ3) is 4.42. The van der Waals surface area contributed by atoms with E-state index in [9.17, 15) is 14.3 Å². The summed E-state index contributed by atoms with van der Waals surface area (Å²) in [5.41, 5.74) is 1.27. The number of aromatic carboxylic acids is 1. The molecule has 1 fully saturated rings. The topological polar surface area (TPSA) is 84.8 Å². The third-order valence-electron chi connectivity index (χ3n) is 5.28. The van der Waals surface area contributed by atoms with Crippen LogP contribution in [-0.2, 0) is 6.61 Å². The molecule has 2 heterocycles. The first-order valence-electron chi connectivity index (χ1n) is 9.94. The van der Waals surface area contributed by atoms with Crippen molar-refractivity contribution < 1.29 is 23.8 Å². The van der Waals surface area contributed by atoms with E-state index in [1.165, 1.54) is 30.5 Å². The van der Waals surface area contributed by atoms with Crippen molar-refractivity contribution in [1.29, 1.82) is 0 Å². The third-order valence-corrected chi connectivity index (χ3v) is 5.28. The second-order valence-corrected chi connectivity index (χ2v) is 7.17. The standard InChI is InChI=1S/C23H22FN3O4/c1-30-21-7-3-2-5-17(21)20-6-4-12-27(20)23-25-13-18(22(28)29)19(26-23)14-31-16-10-8-15(24)9-11-16/h2-3,5,7-11,13,20H,4,6,12,14H2,1H3,(H,28,29)/t20-/m1/s1. The van der Waals surface area contributed by atoms with Crippen molar-refractivity contribution >= 4 is 11.9 Å². The Balaban J connectivity index is 1.62. The predicted molar refractivity (Wildman–Crippen MR) is 112 cm³/mol. The zero-order valence-electron chi connectivity index (χ0n) is 17.0. The molecule has 0 unspecified atom stereocenters. The fraction of sp³-hybridized carbons (Fsp3) is 0.261. The van der Waals surface area contributed by atoms with Crippen LogP contribution in [0.15, 0.2) is 54.7 Å². The van der Waals surface area contributed by atoms with Gasteiger partial charge in [0, 0.05) is 18.3 Å². The molecule has 0 saturated carbocycles. The van der Waals surface area contributed by atoms with Gasteiger partial charge < -0.3 is 19.5 Å². The smallest absolute Gasteiger partial charge is 0.339 e. The van der Waals surface area contributed by atoms with Gasteiger partial charge in [-0.2, -0.15) is 0 Å². The van der Waals surface area contributed by atoms with Crippen molar-refractivity contribution in [2.75, 3.05) is 18.6 Å². The van der Waals surface area contributed by atoms with E-state index in [0.29, 0.717) is 11.7 Å². The molecule has 2 aromatic carbocycles. The lowest BCUT2D eigenvalue weighted by atomic mass is 10.0. The van der Waals surface area contributed by atoms with E-state index in [2.05, 4.69) is 14.9 Å². The molecule has 3 aromatic rings. The summed E-state index contributed by atoms with van der Waals surface area (Å²) >= 11 is 0. The van der Waals surface area contributed by atoms with E-state index in [4.69, 9.17) is 9.47 Å². The second kappa shape index (κ2) is 8.99. The second-order valence-electron chi connectivity index (χ2n) is 7.17. The van der Waals surface area contributed by atoms with Crippen molar-refractivity contribution in [2.24, 2.45) is 0 Å². The fourth-order valence-electron chi connectivity index (χ4n) is 3.79. The number of ether oxygens (including phenoxy) is 2. The van der Waals surface area contributed by atoms with Gasteiger partial charge >= 0.3 is 5.97 Å². The van der Waals surface area contributed by atoms with E-state index in [-0.39, 0.29) is 29.7 Å². The molecule has 0 spiro atoms. The minimum Gasteiger partial charge on any atom is -0.496 e. The quantitative estimate of drug-likeness (QED) is 0.608. The molecule has 1 saturated heterocycles. The number of carbonyl (C=O) groups is 1. The van der Waals surface area contributed by atoms with Crippen LogP contribution in [0.3, 0.4) is 0 Å². The van der Waals surface area contributed by atoms with E-state index in [0.717, 1.165) is 30.7 Å². The summed E-state index contributed by atoms with van der Waals surface area (Å²) in [5, 5.41) is 9.54. The van der Waals surface area contributed by atoms with Crippen LogP contribution >= 0.6 is 0 Å². The first-order valence-corrected chi connectivity index (χ1v) is 9.94. The summed E-state index contributed by atoms with van der Waals surface area (Å²) in [6, 6.07) is 13.4. The highest BCUT2D eigenvalue weighted by atomic mass is 19.1. The number of para-hydroxylation sites is 1. The molecule has 0 radical (unpaired) electrons. The SMILES string of the molecule is COc1ccccc1[C@H]1CCCN1c1ncc(C(=O)O)c(COc2ccc(F)cc2)n1. The summed E-state index contributed by atoms with van der Waals surface area (Å²) in [6.45, 7) is 0.670. The monoisotopic (exact) mass is 423 g/mol. The molecule has 1 aromatic heterocycles. The number of methoxy groups -OCH3 is 1. The molecule has 7 nitrogen and oxygen atoms in total. The fourth-order valence-corrected chi connectivity index (χ4v) is 3.79. The maximum atomic E-state index is 13.1. The van der Waals surface area contributed by atoms with Crippen LogP contribution in [0, 0.1) is 5.82 Å². The van der Waals surface area contributed by atoms with E-state index >= 15 is 0 Å². The number of nitrogens with zero attached hydrogens (tertiary/aromatic N) is 3. The number of hydrogen-bond acceptors (Lipinski definition) is 6. The molecule has 160 valence electrons. The van der Waals surface area contributed by atoms with Crippen molar-refractivity contribution in [3.63, 3.8) is 0 Å². The molecule has 0 bridgehead atoms. The Kier molecular flexibility index (Phi) is 5.97. The molecule has 0 amide bonds. The number of carboxylic acid groups (broad SMARTS) is 1.